The largest absolute Gasteiger partial charge is 0.508 e. The summed E-state index contributed by atoms with van der Waals surface area (Å²) in [6, 6.07) is 12.9. The van der Waals surface area contributed by atoms with Gasteiger partial charge in [0.1, 0.15) is 17.1 Å². The van der Waals surface area contributed by atoms with Gasteiger partial charge in [-0.15, -0.1) is 0 Å². The molecular weight excluding hydrogens is 521 g/mol. The minimum Gasteiger partial charge on any atom is -0.508 e. The molecule has 5 rings (SSSR count). The van der Waals surface area contributed by atoms with E-state index in [2.05, 4.69) is 14.8 Å². The third kappa shape index (κ3) is 5.63. The van der Waals surface area contributed by atoms with Crippen LogP contribution in [0.3, 0.4) is 0 Å². The summed E-state index contributed by atoms with van der Waals surface area (Å²) < 4.78 is 22.7. The van der Waals surface area contributed by atoms with Crippen LogP contribution in [0.25, 0.3) is 32.8 Å². The number of anilines is 1. The van der Waals surface area contributed by atoms with Gasteiger partial charge in [-0.3, -0.25) is 4.79 Å². The summed E-state index contributed by atoms with van der Waals surface area (Å²) in [5.41, 5.74) is 1.86. The molecule has 0 saturated carbocycles. The summed E-state index contributed by atoms with van der Waals surface area (Å²) in [5.74, 6) is 0.207. The number of carbonyl (C=O) groups is 1. The number of phenols is 1. The molecule has 0 unspecified atom stereocenters. The fourth-order valence-electron chi connectivity index (χ4n) is 5.84. The van der Waals surface area contributed by atoms with Gasteiger partial charge in [0.25, 0.3) is 0 Å². The average molecular weight is 560 g/mol. The molecule has 0 radical (unpaired) electrons. The van der Waals surface area contributed by atoms with Crippen LogP contribution in [0, 0.1) is 12.7 Å². The second-order valence-corrected chi connectivity index (χ2v) is 11.3. The zero-order chi connectivity index (χ0) is 29.4. The summed E-state index contributed by atoms with van der Waals surface area (Å²) in [5, 5.41) is 12.7. The molecule has 1 aromatic heterocycles. The Morgan fingerprint density at radius 2 is 1.85 bits per heavy atom. The number of aromatic nitrogens is 2. The van der Waals surface area contributed by atoms with E-state index in [0.717, 1.165) is 23.7 Å². The molecule has 3 aromatic carbocycles. The molecule has 0 bridgehead atoms. The number of aromatic hydroxyl groups is 1. The van der Waals surface area contributed by atoms with Crippen LogP contribution in [-0.2, 0) is 4.79 Å². The average Bonchev–Trinajstić information content (AvgIpc) is 2.92. The van der Waals surface area contributed by atoms with Crippen LogP contribution in [0.15, 0.2) is 42.5 Å². The van der Waals surface area contributed by atoms with E-state index in [1.54, 1.807) is 19.1 Å². The smallest absolute Gasteiger partial charge is 0.319 e. The minimum absolute atomic E-state index is 0.0336. The highest BCUT2D eigenvalue weighted by Crippen LogP contribution is 2.41. The van der Waals surface area contributed by atoms with Crippen molar-refractivity contribution in [3.63, 3.8) is 0 Å². The van der Waals surface area contributed by atoms with E-state index in [1.807, 2.05) is 70.1 Å². The first kappa shape index (κ1) is 28.5. The second-order valence-electron chi connectivity index (χ2n) is 11.3. The molecule has 8 nitrogen and oxygen atoms in total. The van der Waals surface area contributed by atoms with Gasteiger partial charge in [0.15, 0.2) is 5.82 Å². The van der Waals surface area contributed by atoms with E-state index >= 15 is 4.39 Å². The van der Waals surface area contributed by atoms with E-state index in [9.17, 15) is 9.90 Å². The van der Waals surface area contributed by atoms with Gasteiger partial charge in [-0.2, -0.15) is 9.97 Å². The van der Waals surface area contributed by atoms with Gasteiger partial charge in [0.05, 0.1) is 6.61 Å². The molecule has 1 amide bonds. The second kappa shape index (κ2) is 11.5. The highest BCUT2D eigenvalue weighted by molar-refractivity contribution is 6.02. The summed E-state index contributed by atoms with van der Waals surface area (Å²) in [7, 11) is 4.00. The van der Waals surface area contributed by atoms with Crippen molar-refractivity contribution in [2.75, 3.05) is 45.2 Å². The molecule has 0 aliphatic carbocycles. The van der Waals surface area contributed by atoms with Gasteiger partial charge in [-0.1, -0.05) is 24.3 Å². The summed E-state index contributed by atoms with van der Waals surface area (Å²) in [4.78, 5) is 27.7. The lowest BCUT2D eigenvalue weighted by molar-refractivity contribution is -0.131. The minimum atomic E-state index is -0.486. The molecule has 1 saturated heterocycles. The highest BCUT2D eigenvalue weighted by atomic mass is 19.1. The molecule has 2 heterocycles. The van der Waals surface area contributed by atoms with Crippen molar-refractivity contribution in [3.8, 4) is 22.9 Å². The summed E-state index contributed by atoms with van der Waals surface area (Å²) in [6.07, 6.45) is 0.769. The molecule has 1 fully saturated rings. The van der Waals surface area contributed by atoms with Crippen LogP contribution in [0.4, 0.5) is 10.2 Å². The first-order valence-corrected chi connectivity index (χ1v) is 14.1. The Kier molecular flexibility index (Phi) is 8.00. The van der Waals surface area contributed by atoms with Gasteiger partial charge in [0, 0.05) is 49.6 Å². The zero-order valence-corrected chi connectivity index (χ0v) is 24.6. The highest BCUT2D eigenvalue weighted by Gasteiger charge is 2.33. The number of phenolic OH excluding ortho intramolecular Hbond substituents is 1. The van der Waals surface area contributed by atoms with E-state index in [-0.39, 0.29) is 35.3 Å². The predicted molar refractivity (Wildman–Crippen MR) is 161 cm³/mol. The van der Waals surface area contributed by atoms with E-state index < -0.39 is 5.82 Å². The number of benzene rings is 3. The van der Waals surface area contributed by atoms with Gasteiger partial charge in [-0.25, -0.2) is 4.39 Å². The number of ether oxygens (including phenoxy) is 1. The van der Waals surface area contributed by atoms with Crippen LogP contribution < -0.4 is 9.64 Å². The maximum absolute atomic E-state index is 16.7. The molecule has 216 valence electrons. The van der Waals surface area contributed by atoms with Gasteiger partial charge < -0.3 is 24.5 Å². The third-order valence-electron chi connectivity index (χ3n) is 7.85. The van der Waals surface area contributed by atoms with Crippen molar-refractivity contribution in [1.29, 1.82) is 0 Å². The molecule has 1 aliphatic rings. The number of hydrogen-bond donors (Lipinski definition) is 1. The normalized spacial score (nSPS) is 17.6. The molecule has 1 aliphatic heterocycles. The van der Waals surface area contributed by atoms with Gasteiger partial charge in [0.2, 0.25) is 5.91 Å². The number of hydrogen-bond acceptors (Lipinski definition) is 7. The van der Waals surface area contributed by atoms with E-state index in [4.69, 9.17) is 9.72 Å². The Morgan fingerprint density at radius 1 is 1.10 bits per heavy atom. The Balaban J connectivity index is 1.68. The molecular formula is C32H38FN5O3. The molecule has 9 heteroatoms. The van der Waals surface area contributed by atoms with Crippen molar-refractivity contribution in [1.82, 2.24) is 19.8 Å². The number of carbonyl (C=O) groups excluding carboxylic acids is 1. The Bertz CT molecular complexity index is 1610. The van der Waals surface area contributed by atoms with Crippen LogP contribution in [-0.4, -0.2) is 83.2 Å². The number of piperazine rings is 1. The predicted octanol–water partition coefficient (Wildman–Crippen LogP) is 5.38. The number of nitrogens with zero attached hydrogens (tertiary/aromatic N) is 5. The molecule has 4 aromatic rings. The lowest BCUT2D eigenvalue weighted by Crippen LogP contribution is -2.58. The maximum atomic E-state index is 16.7. The molecule has 0 spiro atoms. The topological polar surface area (TPSA) is 82.0 Å². The van der Waals surface area contributed by atoms with Crippen molar-refractivity contribution in [2.24, 2.45) is 0 Å². The van der Waals surface area contributed by atoms with Crippen LogP contribution in [0.5, 0.6) is 11.8 Å². The standard InChI is InChI=1S/C32H38FN5O3/c1-19-14-27-30(29(33)28(19)26-16-24(40)15-23-10-7-8-11-25(23)26)34-32(41-13-9-12-36(5)6)35-31(27)38-18-20(2)37(22(4)39)17-21(38)3/h7-8,10-11,14-16,20-21,40H,9,12-13,17-18H2,1-6H3/t20-,21+/m1/s1. The Hall–Kier alpha value is -3.98. The van der Waals surface area contributed by atoms with Crippen molar-refractivity contribution in [3.05, 3.63) is 53.8 Å². The number of aryl methyl sites for hydroxylation is 1. The number of fused-ring (bicyclic) bond motifs is 2. The lowest BCUT2D eigenvalue weighted by Gasteiger charge is -2.44. The van der Waals surface area contributed by atoms with Crippen molar-refractivity contribution in [2.45, 2.75) is 46.2 Å². The first-order valence-electron chi connectivity index (χ1n) is 14.1. The lowest BCUT2D eigenvalue weighted by atomic mass is 9.92. The fourth-order valence-corrected chi connectivity index (χ4v) is 5.84. The quantitative estimate of drug-likeness (QED) is 0.305. The first-order chi connectivity index (χ1) is 19.5. The molecule has 41 heavy (non-hydrogen) atoms. The number of halogens is 1. The third-order valence-corrected chi connectivity index (χ3v) is 7.85. The monoisotopic (exact) mass is 559 g/mol. The summed E-state index contributed by atoms with van der Waals surface area (Å²) in [6.45, 7) is 9.83. The molecule has 1 N–H and O–H groups in total. The Labute approximate surface area is 240 Å². The SMILES string of the molecule is CC(=O)N1C[C@H](C)N(c2nc(OCCCN(C)C)nc3c(F)c(-c4cc(O)cc5ccccc45)c(C)cc23)C[C@H]1C. The Morgan fingerprint density at radius 3 is 2.59 bits per heavy atom. The van der Waals surface area contributed by atoms with E-state index in [1.165, 1.54) is 0 Å². The van der Waals surface area contributed by atoms with Crippen molar-refractivity contribution < 1.29 is 19.0 Å². The van der Waals surface area contributed by atoms with Crippen LogP contribution in [0.2, 0.25) is 0 Å². The van der Waals surface area contributed by atoms with Crippen LogP contribution >= 0.6 is 0 Å². The number of rotatable bonds is 7. The van der Waals surface area contributed by atoms with Gasteiger partial charge in [-0.05, 0) is 81.4 Å². The van der Waals surface area contributed by atoms with Crippen LogP contribution in [0.1, 0.15) is 32.8 Å². The summed E-state index contributed by atoms with van der Waals surface area (Å²) >= 11 is 0. The fraction of sp³-hybridized carbons (Fsp3) is 0.406. The maximum Gasteiger partial charge on any atom is 0.319 e. The number of amides is 1. The molecule has 2 atom stereocenters. The van der Waals surface area contributed by atoms with Crippen molar-refractivity contribution >= 4 is 33.4 Å². The van der Waals surface area contributed by atoms with E-state index in [0.29, 0.717) is 47.6 Å². The zero-order valence-electron chi connectivity index (χ0n) is 24.6. The van der Waals surface area contributed by atoms with Gasteiger partial charge >= 0.3 is 6.01 Å².